The number of nitrogens with one attached hydrogen (secondary N) is 1. The van der Waals surface area contributed by atoms with Gasteiger partial charge in [0.1, 0.15) is 0 Å². The first-order valence-corrected chi connectivity index (χ1v) is 6.03. The topological polar surface area (TPSA) is 42.7 Å². The van der Waals surface area contributed by atoms with Gasteiger partial charge in [-0.15, -0.1) is 0 Å². The smallest absolute Gasteiger partial charge is 0.176 e. The Hall–Kier alpha value is -1.84. The first-order chi connectivity index (χ1) is 8.31. The minimum absolute atomic E-state index is 0.443. The molecule has 17 heavy (non-hydrogen) atoms. The van der Waals surface area contributed by atoms with Gasteiger partial charge in [-0.2, -0.15) is 5.10 Å². The largest absolute Gasteiger partial charge is 0.380 e. The molecule has 0 saturated carbocycles. The average molecular weight is 230 g/mol. The fourth-order valence-corrected chi connectivity index (χ4v) is 1.86. The molecular formula is C13H18N4. The molecular weight excluding hydrogens is 212 g/mol. The minimum Gasteiger partial charge on any atom is -0.380 e. The normalized spacial score (nSPS) is 12.4. The van der Waals surface area contributed by atoms with Crippen molar-refractivity contribution in [2.45, 2.75) is 32.7 Å². The van der Waals surface area contributed by atoms with Crippen LogP contribution in [0.5, 0.6) is 0 Å². The highest BCUT2D eigenvalue weighted by Gasteiger charge is 2.08. The number of aromatic nitrogens is 3. The second-order valence-corrected chi connectivity index (χ2v) is 4.16. The maximum absolute atomic E-state index is 4.37. The predicted octanol–water partition coefficient (Wildman–Crippen LogP) is 2.87. The molecule has 0 aliphatic heterocycles. The van der Waals surface area contributed by atoms with Crippen molar-refractivity contribution in [2.75, 3.05) is 5.32 Å². The SMILES string of the molecule is CCCC(C)Nc1cccnc1-n1cccn1. The highest BCUT2D eigenvalue weighted by molar-refractivity contribution is 5.56. The van der Waals surface area contributed by atoms with E-state index in [2.05, 4.69) is 29.2 Å². The van der Waals surface area contributed by atoms with E-state index in [0.29, 0.717) is 6.04 Å². The lowest BCUT2D eigenvalue weighted by Crippen LogP contribution is -2.16. The molecule has 0 bridgehead atoms. The van der Waals surface area contributed by atoms with Crippen LogP contribution in [0.25, 0.3) is 5.82 Å². The molecule has 4 nitrogen and oxygen atoms in total. The number of hydrogen-bond donors (Lipinski definition) is 1. The summed E-state index contributed by atoms with van der Waals surface area (Å²) in [6, 6.07) is 6.32. The molecule has 0 spiro atoms. The van der Waals surface area contributed by atoms with Crippen molar-refractivity contribution < 1.29 is 0 Å². The van der Waals surface area contributed by atoms with Crippen LogP contribution in [0.4, 0.5) is 5.69 Å². The first kappa shape index (κ1) is 11.6. The Morgan fingerprint density at radius 2 is 2.24 bits per heavy atom. The van der Waals surface area contributed by atoms with E-state index in [1.54, 1.807) is 17.1 Å². The third-order valence-corrected chi connectivity index (χ3v) is 2.63. The van der Waals surface area contributed by atoms with Crippen LogP contribution >= 0.6 is 0 Å². The van der Waals surface area contributed by atoms with E-state index in [1.807, 2.05) is 24.4 Å². The van der Waals surface area contributed by atoms with Gasteiger partial charge in [-0.05, 0) is 31.5 Å². The lowest BCUT2D eigenvalue weighted by Gasteiger charge is -2.16. The molecule has 0 saturated heterocycles. The van der Waals surface area contributed by atoms with Gasteiger partial charge in [0.05, 0.1) is 5.69 Å². The molecule has 1 atom stereocenters. The van der Waals surface area contributed by atoms with Gasteiger partial charge in [0.25, 0.3) is 0 Å². The molecule has 4 heteroatoms. The summed E-state index contributed by atoms with van der Waals surface area (Å²) in [4.78, 5) is 4.37. The van der Waals surface area contributed by atoms with Crippen molar-refractivity contribution in [1.82, 2.24) is 14.8 Å². The Morgan fingerprint density at radius 3 is 2.94 bits per heavy atom. The predicted molar refractivity (Wildman–Crippen MR) is 69.4 cm³/mol. The van der Waals surface area contributed by atoms with Crippen molar-refractivity contribution in [1.29, 1.82) is 0 Å². The first-order valence-electron chi connectivity index (χ1n) is 6.03. The third-order valence-electron chi connectivity index (χ3n) is 2.63. The van der Waals surface area contributed by atoms with E-state index < -0.39 is 0 Å². The third kappa shape index (κ3) is 2.84. The average Bonchev–Trinajstić information content (AvgIpc) is 2.83. The zero-order chi connectivity index (χ0) is 12.1. The lowest BCUT2D eigenvalue weighted by molar-refractivity contribution is 0.688. The molecule has 0 amide bonds. The van der Waals surface area contributed by atoms with Gasteiger partial charge in [-0.1, -0.05) is 13.3 Å². The summed E-state index contributed by atoms with van der Waals surface area (Å²) in [5.41, 5.74) is 1.03. The van der Waals surface area contributed by atoms with Crippen LogP contribution in [0.15, 0.2) is 36.8 Å². The summed E-state index contributed by atoms with van der Waals surface area (Å²) in [5, 5.41) is 7.69. The molecule has 0 fully saturated rings. The Kier molecular flexibility index (Phi) is 3.75. The second kappa shape index (κ2) is 5.48. The van der Waals surface area contributed by atoms with E-state index in [1.165, 1.54) is 6.42 Å². The number of nitrogens with zero attached hydrogens (tertiary/aromatic N) is 3. The quantitative estimate of drug-likeness (QED) is 0.858. The van der Waals surface area contributed by atoms with Crippen molar-refractivity contribution in [3.63, 3.8) is 0 Å². The van der Waals surface area contributed by atoms with Crippen LogP contribution in [-0.2, 0) is 0 Å². The fourth-order valence-electron chi connectivity index (χ4n) is 1.86. The Morgan fingerprint density at radius 1 is 1.35 bits per heavy atom. The summed E-state index contributed by atoms with van der Waals surface area (Å²) in [7, 11) is 0. The van der Waals surface area contributed by atoms with E-state index >= 15 is 0 Å². The molecule has 1 unspecified atom stereocenters. The lowest BCUT2D eigenvalue weighted by atomic mass is 10.2. The summed E-state index contributed by atoms with van der Waals surface area (Å²) in [5.74, 6) is 0.848. The summed E-state index contributed by atoms with van der Waals surface area (Å²) in [6.07, 6.45) is 7.76. The van der Waals surface area contributed by atoms with Gasteiger partial charge in [0, 0.05) is 24.6 Å². The van der Waals surface area contributed by atoms with Crippen molar-refractivity contribution in [3.8, 4) is 5.82 Å². The van der Waals surface area contributed by atoms with Crippen LogP contribution in [0.3, 0.4) is 0 Å². The van der Waals surface area contributed by atoms with E-state index in [4.69, 9.17) is 0 Å². The molecule has 2 aromatic rings. The minimum atomic E-state index is 0.443. The highest BCUT2D eigenvalue weighted by Crippen LogP contribution is 2.18. The van der Waals surface area contributed by atoms with Gasteiger partial charge >= 0.3 is 0 Å². The maximum Gasteiger partial charge on any atom is 0.176 e. The Labute approximate surface area is 102 Å². The van der Waals surface area contributed by atoms with Crippen molar-refractivity contribution in [3.05, 3.63) is 36.8 Å². The maximum atomic E-state index is 4.37. The van der Waals surface area contributed by atoms with Crippen molar-refractivity contribution >= 4 is 5.69 Å². The van der Waals surface area contributed by atoms with E-state index in [-0.39, 0.29) is 0 Å². The molecule has 0 aromatic carbocycles. The number of pyridine rings is 1. The highest BCUT2D eigenvalue weighted by atomic mass is 15.3. The van der Waals surface area contributed by atoms with Crippen molar-refractivity contribution in [2.24, 2.45) is 0 Å². The number of anilines is 1. The molecule has 2 rings (SSSR count). The van der Waals surface area contributed by atoms with E-state index in [9.17, 15) is 0 Å². The monoisotopic (exact) mass is 230 g/mol. The van der Waals surface area contributed by atoms with Gasteiger partial charge in [-0.25, -0.2) is 9.67 Å². The molecule has 0 aliphatic carbocycles. The van der Waals surface area contributed by atoms with Gasteiger partial charge in [0.2, 0.25) is 0 Å². The Balaban J connectivity index is 2.22. The fraction of sp³-hybridized carbons (Fsp3) is 0.385. The molecule has 90 valence electrons. The standard InChI is InChI=1S/C13H18N4/c1-3-6-11(2)16-12-7-4-8-14-13(12)17-10-5-9-15-17/h4-5,7-11,16H,3,6H2,1-2H3. The zero-order valence-corrected chi connectivity index (χ0v) is 10.3. The van der Waals surface area contributed by atoms with Crippen LogP contribution in [0, 0.1) is 0 Å². The molecule has 0 radical (unpaired) electrons. The van der Waals surface area contributed by atoms with Gasteiger partial charge in [-0.3, -0.25) is 0 Å². The van der Waals surface area contributed by atoms with Crippen LogP contribution in [-0.4, -0.2) is 20.8 Å². The second-order valence-electron chi connectivity index (χ2n) is 4.16. The van der Waals surface area contributed by atoms with Crippen LogP contribution in [0.1, 0.15) is 26.7 Å². The number of hydrogen-bond acceptors (Lipinski definition) is 3. The van der Waals surface area contributed by atoms with Gasteiger partial charge in [0.15, 0.2) is 5.82 Å². The molecule has 1 N–H and O–H groups in total. The van der Waals surface area contributed by atoms with Gasteiger partial charge < -0.3 is 5.32 Å². The summed E-state index contributed by atoms with van der Waals surface area (Å²) >= 11 is 0. The molecule has 2 heterocycles. The number of rotatable bonds is 5. The van der Waals surface area contributed by atoms with Crippen LogP contribution < -0.4 is 5.32 Å². The molecule has 2 aromatic heterocycles. The summed E-state index contributed by atoms with van der Waals surface area (Å²) < 4.78 is 1.78. The zero-order valence-electron chi connectivity index (χ0n) is 10.3. The van der Waals surface area contributed by atoms with E-state index in [0.717, 1.165) is 17.9 Å². The van der Waals surface area contributed by atoms with Crippen LogP contribution in [0.2, 0.25) is 0 Å². The Bertz CT molecular complexity index is 450. The summed E-state index contributed by atoms with van der Waals surface area (Å²) in [6.45, 7) is 4.37. The molecule has 0 aliphatic rings.